The zero-order chi connectivity index (χ0) is 17.0. The summed E-state index contributed by atoms with van der Waals surface area (Å²) in [6, 6.07) is 4.40. The Hall–Kier alpha value is -0.960. The van der Waals surface area contributed by atoms with Crippen molar-refractivity contribution in [2.24, 2.45) is 11.1 Å². The first-order valence-corrected chi connectivity index (χ1v) is 10.7. The van der Waals surface area contributed by atoms with E-state index in [1.54, 1.807) is 6.07 Å². The molecule has 2 heterocycles. The minimum Gasteiger partial charge on any atom is -0.327 e. The molecule has 0 radical (unpaired) electrons. The van der Waals surface area contributed by atoms with Crippen molar-refractivity contribution in [3.05, 3.63) is 23.8 Å². The van der Waals surface area contributed by atoms with Crippen molar-refractivity contribution in [2.75, 3.05) is 18.8 Å². The summed E-state index contributed by atoms with van der Waals surface area (Å²) < 4.78 is 51.2. The second-order valence-electron chi connectivity index (χ2n) is 7.06. The Morgan fingerprint density at radius 1 is 1.30 bits per heavy atom. The first-order valence-electron chi connectivity index (χ1n) is 7.65. The fraction of sp³-hybridized carbons (Fsp3) is 0.600. The van der Waals surface area contributed by atoms with Crippen molar-refractivity contribution < 1.29 is 16.8 Å². The summed E-state index contributed by atoms with van der Waals surface area (Å²) in [5.41, 5.74) is 6.45. The van der Waals surface area contributed by atoms with Gasteiger partial charge in [0.2, 0.25) is 10.0 Å². The zero-order valence-electron chi connectivity index (χ0n) is 13.3. The van der Waals surface area contributed by atoms with Crippen LogP contribution in [0.1, 0.15) is 25.8 Å². The van der Waals surface area contributed by atoms with E-state index in [-0.39, 0.29) is 27.0 Å². The summed E-state index contributed by atoms with van der Waals surface area (Å²) in [6.45, 7) is 4.59. The molecule has 1 saturated heterocycles. The maximum atomic E-state index is 12.9. The molecule has 128 valence electrons. The SMILES string of the molecule is CC1(C)CN(S(=O)(=O)c2ccc3c(c2)S(=O)(=O)CC3)CCC1N. The first kappa shape index (κ1) is 16.9. The molecule has 0 saturated carbocycles. The average Bonchev–Trinajstić information content (AvgIpc) is 2.77. The molecular formula is C15H22N2O4S2. The highest BCUT2D eigenvalue weighted by Gasteiger charge is 2.39. The molecule has 0 aliphatic carbocycles. The smallest absolute Gasteiger partial charge is 0.243 e. The summed E-state index contributed by atoms with van der Waals surface area (Å²) in [4.78, 5) is 0.208. The standard InChI is InChI=1S/C15H22N2O4S2/c1-15(2)10-17(7-5-14(15)16)23(20,21)12-4-3-11-6-8-22(18,19)13(11)9-12/h3-4,9,14H,5-8,10,16H2,1-2H3. The minimum atomic E-state index is -3.71. The molecule has 8 heteroatoms. The second-order valence-corrected chi connectivity index (χ2v) is 11.1. The number of aryl methyl sites for hydroxylation is 1. The van der Waals surface area contributed by atoms with Crippen LogP contribution < -0.4 is 5.73 Å². The average molecular weight is 358 g/mol. The van der Waals surface area contributed by atoms with Crippen LogP contribution >= 0.6 is 0 Å². The van der Waals surface area contributed by atoms with Crippen molar-refractivity contribution in [1.29, 1.82) is 0 Å². The van der Waals surface area contributed by atoms with E-state index >= 15 is 0 Å². The summed E-state index contributed by atoms with van der Waals surface area (Å²) in [6.07, 6.45) is 1.04. The van der Waals surface area contributed by atoms with E-state index < -0.39 is 19.9 Å². The third kappa shape index (κ3) is 2.82. The largest absolute Gasteiger partial charge is 0.327 e. The number of sulfone groups is 1. The third-order valence-electron chi connectivity index (χ3n) is 4.93. The van der Waals surface area contributed by atoms with Crippen LogP contribution in [0.4, 0.5) is 0 Å². The Morgan fingerprint density at radius 2 is 2.00 bits per heavy atom. The van der Waals surface area contributed by atoms with Crippen molar-refractivity contribution in [2.45, 2.75) is 42.5 Å². The maximum Gasteiger partial charge on any atom is 0.243 e. The lowest BCUT2D eigenvalue weighted by Crippen LogP contribution is -2.53. The topological polar surface area (TPSA) is 97.5 Å². The molecule has 3 rings (SSSR count). The molecule has 1 aromatic rings. The predicted octanol–water partition coefficient (Wildman–Crippen LogP) is 0.764. The van der Waals surface area contributed by atoms with Gasteiger partial charge in [0.15, 0.2) is 9.84 Å². The number of benzene rings is 1. The molecule has 23 heavy (non-hydrogen) atoms. The third-order valence-corrected chi connectivity index (χ3v) is 8.56. The molecule has 0 spiro atoms. The van der Waals surface area contributed by atoms with Crippen LogP contribution in [0.2, 0.25) is 0 Å². The van der Waals surface area contributed by atoms with Crippen LogP contribution in [0.3, 0.4) is 0 Å². The lowest BCUT2D eigenvalue weighted by molar-refractivity contribution is 0.155. The summed E-state index contributed by atoms with van der Waals surface area (Å²) >= 11 is 0. The highest BCUT2D eigenvalue weighted by Crippen LogP contribution is 2.33. The van der Waals surface area contributed by atoms with Crippen LogP contribution in [0.25, 0.3) is 0 Å². The quantitative estimate of drug-likeness (QED) is 0.842. The molecule has 1 aromatic carbocycles. The first-order chi connectivity index (χ1) is 10.5. The van der Waals surface area contributed by atoms with Gasteiger partial charge < -0.3 is 5.73 Å². The number of piperidine rings is 1. The molecule has 1 atom stereocenters. The molecule has 0 bridgehead atoms. The number of sulfonamides is 1. The van der Waals surface area contributed by atoms with E-state index in [0.29, 0.717) is 31.5 Å². The Morgan fingerprint density at radius 3 is 2.65 bits per heavy atom. The summed E-state index contributed by atoms with van der Waals surface area (Å²) in [5.74, 6) is 0.0530. The highest BCUT2D eigenvalue weighted by atomic mass is 32.2. The monoisotopic (exact) mass is 358 g/mol. The van der Waals surface area contributed by atoms with E-state index in [2.05, 4.69) is 0 Å². The Labute approximate surface area is 137 Å². The van der Waals surface area contributed by atoms with E-state index in [1.165, 1.54) is 16.4 Å². The van der Waals surface area contributed by atoms with Gasteiger partial charge in [-0.15, -0.1) is 0 Å². The Balaban J connectivity index is 1.99. The van der Waals surface area contributed by atoms with Gasteiger partial charge in [-0.25, -0.2) is 16.8 Å². The van der Waals surface area contributed by atoms with Crippen LogP contribution in [-0.2, 0) is 26.3 Å². The molecule has 6 nitrogen and oxygen atoms in total. The van der Waals surface area contributed by atoms with Gasteiger partial charge in [-0.2, -0.15) is 4.31 Å². The molecule has 0 aromatic heterocycles. The van der Waals surface area contributed by atoms with E-state index in [1.807, 2.05) is 13.8 Å². The maximum absolute atomic E-state index is 12.9. The lowest BCUT2D eigenvalue weighted by atomic mass is 9.81. The van der Waals surface area contributed by atoms with Crippen LogP contribution in [0, 0.1) is 5.41 Å². The second kappa shape index (κ2) is 5.27. The Kier molecular flexibility index (Phi) is 3.87. The molecular weight excluding hydrogens is 336 g/mol. The van der Waals surface area contributed by atoms with Crippen LogP contribution in [0.15, 0.2) is 28.0 Å². The normalized spacial score (nSPS) is 26.8. The summed E-state index contributed by atoms with van der Waals surface area (Å²) in [7, 11) is -7.07. The fourth-order valence-electron chi connectivity index (χ4n) is 3.22. The van der Waals surface area contributed by atoms with Gasteiger partial charge in [0.05, 0.1) is 15.5 Å². The van der Waals surface area contributed by atoms with E-state index in [4.69, 9.17) is 5.73 Å². The molecule has 2 aliphatic rings. The van der Waals surface area contributed by atoms with Gasteiger partial charge in [-0.1, -0.05) is 19.9 Å². The van der Waals surface area contributed by atoms with E-state index in [0.717, 1.165) is 0 Å². The zero-order valence-corrected chi connectivity index (χ0v) is 15.0. The van der Waals surface area contributed by atoms with Crippen LogP contribution in [-0.4, -0.2) is 46.0 Å². The number of hydrogen-bond acceptors (Lipinski definition) is 5. The number of rotatable bonds is 2. The van der Waals surface area contributed by atoms with Crippen molar-refractivity contribution >= 4 is 19.9 Å². The van der Waals surface area contributed by atoms with Crippen molar-refractivity contribution in [3.63, 3.8) is 0 Å². The number of nitrogens with two attached hydrogens (primary N) is 1. The molecule has 2 aliphatic heterocycles. The van der Waals surface area contributed by atoms with Gasteiger partial charge >= 0.3 is 0 Å². The molecule has 2 N–H and O–H groups in total. The van der Waals surface area contributed by atoms with E-state index in [9.17, 15) is 16.8 Å². The minimum absolute atomic E-state index is 0.0469. The van der Waals surface area contributed by atoms with Gasteiger partial charge in [-0.3, -0.25) is 0 Å². The van der Waals surface area contributed by atoms with Crippen molar-refractivity contribution in [3.8, 4) is 0 Å². The van der Waals surface area contributed by atoms with Gasteiger partial charge in [-0.05, 0) is 36.0 Å². The van der Waals surface area contributed by atoms with Crippen molar-refractivity contribution in [1.82, 2.24) is 4.31 Å². The molecule has 1 fully saturated rings. The Bertz CT molecular complexity index is 844. The van der Waals surface area contributed by atoms with Gasteiger partial charge in [0.25, 0.3) is 0 Å². The van der Waals surface area contributed by atoms with Crippen LogP contribution in [0.5, 0.6) is 0 Å². The number of hydrogen-bond donors (Lipinski definition) is 1. The number of fused-ring (bicyclic) bond motifs is 1. The highest BCUT2D eigenvalue weighted by molar-refractivity contribution is 7.92. The molecule has 1 unspecified atom stereocenters. The number of nitrogens with zero attached hydrogens (tertiary/aromatic N) is 1. The fourth-order valence-corrected chi connectivity index (χ4v) is 6.54. The predicted molar refractivity (Wildman–Crippen MR) is 87.3 cm³/mol. The molecule has 0 amide bonds. The lowest BCUT2D eigenvalue weighted by Gasteiger charge is -2.41. The van der Waals surface area contributed by atoms with Gasteiger partial charge in [0.1, 0.15) is 0 Å². The van der Waals surface area contributed by atoms with Gasteiger partial charge in [0, 0.05) is 19.1 Å². The summed E-state index contributed by atoms with van der Waals surface area (Å²) in [5, 5.41) is 0.